The van der Waals surface area contributed by atoms with Crippen molar-refractivity contribution in [1.82, 2.24) is 10.3 Å². The van der Waals surface area contributed by atoms with Crippen LogP contribution in [0.2, 0.25) is 0 Å². The van der Waals surface area contributed by atoms with Crippen LogP contribution in [-0.2, 0) is 11.2 Å². The molecule has 0 aliphatic carbocycles. The number of urea groups is 1. The average Bonchev–Trinajstić information content (AvgIpc) is 2.94. The van der Waals surface area contributed by atoms with Gasteiger partial charge in [0.15, 0.2) is 0 Å². The predicted octanol–water partition coefficient (Wildman–Crippen LogP) is 2.47. The van der Waals surface area contributed by atoms with Crippen LogP contribution in [0.5, 0.6) is 5.88 Å². The number of ether oxygens (including phenoxy) is 1. The quantitative estimate of drug-likeness (QED) is 0.805. The lowest BCUT2D eigenvalue weighted by atomic mass is 10.0. The maximum atomic E-state index is 12.1. The van der Waals surface area contributed by atoms with Crippen LogP contribution < -0.4 is 20.7 Å². The van der Waals surface area contributed by atoms with Crippen molar-refractivity contribution in [2.45, 2.75) is 19.4 Å². The van der Waals surface area contributed by atoms with Crippen LogP contribution in [-0.4, -0.2) is 24.0 Å². The SMILES string of the molecule is COc1ccc(NC(=O)N[C@@H](C)c2ccc3c(c2)CC(=O)N3)cn1. The number of anilines is 2. The monoisotopic (exact) mass is 326 g/mol. The number of hydrogen-bond acceptors (Lipinski definition) is 4. The Bertz CT molecular complexity index is 774. The van der Waals surface area contributed by atoms with Gasteiger partial charge in [-0.1, -0.05) is 12.1 Å². The molecule has 0 spiro atoms. The molecule has 0 saturated carbocycles. The van der Waals surface area contributed by atoms with Gasteiger partial charge in [-0.3, -0.25) is 4.79 Å². The molecule has 0 radical (unpaired) electrons. The number of aromatic nitrogens is 1. The molecule has 1 aromatic carbocycles. The maximum absolute atomic E-state index is 12.1. The second kappa shape index (κ2) is 6.57. The van der Waals surface area contributed by atoms with Gasteiger partial charge in [-0.05, 0) is 30.2 Å². The molecule has 3 N–H and O–H groups in total. The second-order valence-corrected chi connectivity index (χ2v) is 5.55. The molecule has 7 heteroatoms. The molecule has 1 atom stereocenters. The molecule has 2 aromatic rings. The molecule has 24 heavy (non-hydrogen) atoms. The highest BCUT2D eigenvalue weighted by Gasteiger charge is 2.19. The fourth-order valence-electron chi connectivity index (χ4n) is 2.54. The molecule has 3 rings (SSSR count). The largest absolute Gasteiger partial charge is 0.481 e. The van der Waals surface area contributed by atoms with E-state index in [1.54, 1.807) is 12.1 Å². The van der Waals surface area contributed by atoms with Gasteiger partial charge < -0.3 is 20.7 Å². The first kappa shape index (κ1) is 15.8. The van der Waals surface area contributed by atoms with Crippen LogP contribution in [0.1, 0.15) is 24.1 Å². The minimum Gasteiger partial charge on any atom is -0.481 e. The summed E-state index contributed by atoms with van der Waals surface area (Å²) >= 11 is 0. The van der Waals surface area contributed by atoms with Crippen LogP contribution in [0.4, 0.5) is 16.2 Å². The zero-order valence-electron chi connectivity index (χ0n) is 13.4. The van der Waals surface area contributed by atoms with E-state index in [2.05, 4.69) is 20.9 Å². The molecule has 7 nitrogen and oxygen atoms in total. The van der Waals surface area contributed by atoms with Crippen molar-refractivity contribution in [3.05, 3.63) is 47.7 Å². The molecular weight excluding hydrogens is 308 g/mol. The van der Waals surface area contributed by atoms with E-state index >= 15 is 0 Å². The number of carbonyl (C=O) groups is 2. The number of nitrogens with zero attached hydrogens (tertiary/aromatic N) is 1. The van der Waals surface area contributed by atoms with Crippen molar-refractivity contribution in [3.63, 3.8) is 0 Å². The third-order valence-electron chi connectivity index (χ3n) is 3.81. The van der Waals surface area contributed by atoms with E-state index in [0.29, 0.717) is 18.0 Å². The minimum atomic E-state index is -0.329. The summed E-state index contributed by atoms with van der Waals surface area (Å²) in [4.78, 5) is 27.5. The molecular formula is C17H18N4O3. The van der Waals surface area contributed by atoms with Crippen LogP contribution in [0.25, 0.3) is 0 Å². The lowest BCUT2D eigenvalue weighted by Gasteiger charge is -2.16. The Morgan fingerprint density at radius 2 is 2.17 bits per heavy atom. The molecule has 2 heterocycles. The fourth-order valence-corrected chi connectivity index (χ4v) is 2.54. The smallest absolute Gasteiger partial charge is 0.319 e. The topological polar surface area (TPSA) is 92.4 Å². The molecule has 124 valence electrons. The van der Waals surface area contributed by atoms with Gasteiger partial charge in [-0.2, -0.15) is 0 Å². The van der Waals surface area contributed by atoms with E-state index in [1.807, 2.05) is 25.1 Å². The Hall–Kier alpha value is -3.09. The van der Waals surface area contributed by atoms with Crippen molar-refractivity contribution in [1.29, 1.82) is 0 Å². The first-order valence-corrected chi connectivity index (χ1v) is 7.55. The van der Waals surface area contributed by atoms with Gasteiger partial charge in [-0.25, -0.2) is 9.78 Å². The van der Waals surface area contributed by atoms with Crippen molar-refractivity contribution >= 4 is 23.3 Å². The van der Waals surface area contributed by atoms with Crippen LogP contribution in [0.3, 0.4) is 0 Å². The van der Waals surface area contributed by atoms with E-state index in [9.17, 15) is 9.59 Å². The van der Waals surface area contributed by atoms with Crippen molar-refractivity contribution in [2.75, 3.05) is 17.7 Å². The van der Waals surface area contributed by atoms with Gasteiger partial charge in [0.05, 0.1) is 31.5 Å². The highest BCUT2D eigenvalue weighted by atomic mass is 16.5. The fraction of sp³-hybridized carbons (Fsp3) is 0.235. The maximum Gasteiger partial charge on any atom is 0.319 e. The number of nitrogens with one attached hydrogen (secondary N) is 3. The average molecular weight is 326 g/mol. The normalized spacial score (nSPS) is 13.7. The van der Waals surface area contributed by atoms with E-state index in [1.165, 1.54) is 13.3 Å². The number of rotatable bonds is 4. The van der Waals surface area contributed by atoms with Crippen molar-refractivity contribution < 1.29 is 14.3 Å². The highest BCUT2D eigenvalue weighted by molar-refractivity contribution is 5.99. The third kappa shape index (κ3) is 3.45. The van der Waals surface area contributed by atoms with E-state index in [0.717, 1.165) is 16.8 Å². The number of amides is 3. The van der Waals surface area contributed by atoms with Gasteiger partial charge in [0.1, 0.15) is 0 Å². The molecule has 0 unspecified atom stereocenters. The predicted molar refractivity (Wildman–Crippen MR) is 90.1 cm³/mol. The number of fused-ring (bicyclic) bond motifs is 1. The molecule has 1 aliphatic heterocycles. The first-order valence-electron chi connectivity index (χ1n) is 7.55. The summed E-state index contributed by atoms with van der Waals surface area (Å²) in [7, 11) is 1.53. The van der Waals surface area contributed by atoms with Gasteiger partial charge in [0.2, 0.25) is 11.8 Å². The minimum absolute atomic E-state index is 0.00693. The molecule has 1 aliphatic rings. The lowest BCUT2D eigenvalue weighted by molar-refractivity contribution is -0.115. The number of hydrogen-bond donors (Lipinski definition) is 3. The number of carbonyl (C=O) groups excluding carboxylic acids is 2. The van der Waals surface area contributed by atoms with Crippen LogP contribution in [0.15, 0.2) is 36.5 Å². The Kier molecular flexibility index (Phi) is 4.33. The van der Waals surface area contributed by atoms with E-state index in [4.69, 9.17) is 4.74 Å². The second-order valence-electron chi connectivity index (χ2n) is 5.55. The zero-order chi connectivity index (χ0) is 17.1. The molecule has 1 aromatic heterocycles. The first-order chi connectivity index (χ1) is 11.5. The molecule has 3 amide bonds. The zero-order valence-corrected chi connectivity index (χ0v) is 13.4. The number of benzene rings is 1. The van der Waals surface area contributed by atoms with Gasteiger partial charge in [0, 0.05) is 11.8 Å². The standard InChI is InChI=1S/C17H18N4O3/c1-10(11-3-5-14-12(7-11)8-15(22)21-14)19-17(23)20-13-4-6-16(24-2)18-9-13/h3-7,9-10H,8H2,1-2H3,(H,21,22)(H2,19,20,23)/t10-/m0/s1. The lowest BCUT2D eigenvalue weighted by Crippen LogP contribution is -2.31. The number of methoxy groups -OCH3 is 1. The van der Waals surface area contributed by atoms with E-state index in [-0.39, 0.29) is 18.0 Å². The molecule has 0 bridgehead atoms. The Balaban J connectivity index is 1.61. The third-order valence-corrected chi connectivity index (χ3v) is 3.81. The summed E-state index contributed by atoms with van der Waals surface area (Å²) in [6, 6.07) is 8.55. The molecule has 0 saturated heterocycles. The number of pyridine rings is 1. The van der Waals surface area contributed by atoms with Crippen LogP contribution >= 0.6 is 0 Å². The van der Waals surface area contributed by atoms with Gasteiger partial charge in [0.25, 0.3) is 0 Å². The summed E-state index contributed by atoms with van der Waals surface area (Å²) in [6.07, 6.45) is 1.90. The van der Waals surface area contributed by atoms with Gasteiger partial charge >= 0.3 is 6.03 Å². The molecule has 0 fully saturated rings. The highest BCUT2D eigenvalue weighted by Crippen LogP contribution is 2.26. The summed E-state index contributed by atoms with van der Waals surface area (Å²) in [5.74, 6) is 0.475. The van der Waals surface area contributed by atoms with Crippen LogP contribution in [0, 0.1) is 0 Å². The Morgan fingerprint density at radius 3 is 2.88 bits per heavy atom. The van der Waals surface area contributed by atoms with Gasteiger partial charge in [-0.15, -0.1) is 0 Å². The van der Waals surface area contributed by atoms with E-state index < -0.39 is 0 Å². The summed E-state index contributed by atoms with van der Waals surface area (Å²) in [5.41, 5.74) is 3.30. The summed E-state index contributed by atoms with van der Waals surface area (Å²) in [5, 5.41) is 8.37. The van der Waals surface area contributed by atoms with Crippen molar-refractivity contribution in [3.8, 4) is 5.88 Å². The Morgan fingerprint density at radius 1 is 1.33 bits per heavy atom. The summed E-state index contributed by atoms with van der Waals surface area (Å²) < 4.78 is 4.97. The Labute approximate surface area is 139 Å². The summed E-state index contributed by atoms with van der Waals surface area (Å²) in [6.45, 7) is 1.89. The van der Waals surface area contributed by atoms with Crippen molar-refractivity contribution in [2.24, 2.45) is 0 Å².